The van der Waals surface area contributed by atoms with Gasteiger partial charge in [0.05, 0.1) is 6.10 Å². The first kappa shape index (κ1) is 23.9. The molecule has 0 radical (unpaired) electrons. The Morgan fingerprint density at radius 3 is 2.46 bits per heavy atom. The van der Waals surface area contributed by atoms with Gasteiger partial charge < -0.3 is 14.9 Å². The number of pyridine rings is 1. The number of carbonyl (C=O) groups is 2. The summed E-state index contributed by atoms with van der Waals surface area (Å²) in [6.45, 7) is 2.00. The first-order chi connectivity index (χ1) is 16.9. The molecule has 1 aliphatic carbocycles. The SMILES string of the molecule is CN(C)C(=O)c1ccc(-c2ccc(CN3C[C@H](O)CC34CCN(C3CCCCC3)C4=O)cc2)cn1. The van der Waals surface area contributed by atoms with E-state index in [0.29, 0.717) is 31.2 Å². The summed E-state index contributed by atoms with van der Waals surface area (Å²) in [6.07, 6.45) is 8.55. The zero-order valence-corrected chi connectivity index (χ0v) is 20.8. The Morgan fingerprint density at radius 1 is 1.09 bits per heavy atom. The maximum absolute atomic E-state index is 13.7. The molecule has 2 amide bonds. The van der Waals surface area contributed by atoms with Crippen LogP contribution in [0.25, 0.3) is 11.1 Å². The summed E-state index contributed by atoms with van der Waals surface area (Å²) in [5.74, 6) is 0.119. The molecule has 2 saturated heterocycles. The molecule has 3 heterocycles. The molecule has 2 atom stereocenters. The summed E-state index contributed by atoms with van der Waals surface area (Å²) in [5, 5.41) is 10.6. The Hall–Kier alpha value is -2.77. The largest absolute Gasteiger partial charge is 0.392 e. The number of β-amino-alcohol motifs (C(OH)–C–C–N with tert-alkyl or cyclic N) is 1. The second-order valence-corrected chi connectivity index (χ2v) is 10.6. The molecule has 1 aromatic heterocycles. The average molecular weight is 477 g/mol. The Morgan fingerprint density at radius 2 is 1.80 bits per heavy atom. The fourth-order valence-electron chi connectivity index (χ4n) is 6.18. The fourth-order valence-corrected chi connectivity index (χ4v) is 6.18. The van der Waals surface area contributed by atoms with E-state index in [1.165, 1.54) is 24.2 Å². The zero-order chi connectivity index (χ0) is 24.6. The highest BCUT2D eigenvalue weighted by Gasteiger charge is 2.56. The molecule has 0 bridgehead atoms. The molecule has 1 saturated carbocycles. The predicted molar refractivity (Wildman–Crippen MR) is 135 cm³/mol. The third-order valence-corrected chi connectivity index (χ3v) is 8.10. The van der Waals surface area contributed by atoms with E-state index < -0.39 is 11.6 Å². The van der Waals surface area contributed by atoms with Gasteiger partial charge >= 0.3 is 0 Å². The smallest absolute Gasteiger partial charge is 0.271 e. The maximum Gasteiger partial charge on any atom is 0.271 e. The van der Waals surface area contributed by atoms with Crippen molar-refractivity contribution in [2.24, 2.45) is 0 Å². The minimum absolute atomic E-state index is 0.114. The Balaban J connectivity index is 1.29. The number of amides is 2. The van der Waals surface area contributed by atoms with Crippen LogP contribution in [-0.4, -0.2) is 81.5 Å². The summed E-state index contributed by atoms with van der Waals surface area (Å²) < 4.78 is 0. The molecular formula is C28H36N4O3. The van der Waals surface area contributed by atoms with Crippen LogP contribution in [0.15, 0.2) is 42.6 Å². The van der Waals surface area contributed by atoms with Crippen molar-refractivity contribution < 1.29 is 14.7 Å². The lowest BCUT2D eigenvalue weighted by molar-refractivity contribution is -0.139. The molecular weight excluding hydrogens is 440 g/mol. The topological polar surface area (TPSA) is 77.0 Å². The van der Waals surface area contributed by atoms with Gasteiger partial charge in [0, 0.05) is 58.0 Å². The molecule has 1 aromatic carbocycles. The van der Waals surface area contributed by atoms with Gasteiger partial charge in [-0.05, 0) is 36.5 Å². The standard InChI is InChI=1S/C28H36N4O3/c1-30(2)26(34)25-13-12-22(17-29-25)21-10-8-20(9-11-21)18-31-19-24(33)16-28(31)14-15-32(27(28)35)23-6-4-3-5-7-23/h8-13,17,23-24,33H,3-7,14-16,18-19H2,1-2H3/t24-,28?/m1/s1. The Kier molecular flexibility index (Phi) is 6.64. The summed E-state index contributed by atoms with van der Waals surface area (Å²) >= 11 is 0. The van der Waals surface area contributed by atoms with Crippen molar-refractivity contribution in [3.05, 3.63) is 53.9 Å². The van der Waals surface area contributed by atoms with E-state index in [9.17, 15) is 14.7 Å². The minimum Gasteiger partial charge on any atom is -0.392 e. The number of aliphatic hydroxyl groups is 1. The van der Waals surface area contributed by atoms with Crippen molar-refractivity contribution in [2.75, 3.05) is 27.2 Å². The van der Waals surface area contributed by atoms with Crippen LogP contribution in [0, 0.1) is 0 Å². The number of carbonyl (C=O) groups excluding carboxylic acids is 2. The molecule has 35 heavy (non-hydrogen) atoms. The average Bonchev–Trinajstić information content (AvgIpc) is 3.37. The second-order valence-electron chi connectivity index (χ2n) is 10.6. The van der Waals surface area contributed by atoms with Crippen LogP contribution in [0.1, 0.15) is 61.0 Å². The lowest BCUT2D eigenvalue weighted by Crippen LogP contribution is -2.51. The number of hydrogen-bond acceptors (Lipinski definition) is 5. The van der Waals surface area contributed by atoms with Crippen molar-refractivity contribution in [3.8, 4) is 11.1 Å². The number of hydrogen-bond donors (Lipinski definition) is 1. The summed E-state index contributed by atoms with van der Waals surface area (Å²) in [6, 6.07) is 12.3. The molecule has 1 N–H and O–H groups in total. The summed E-state index contributed by atoms with van der Waals surface area (Å²) in [4.78, 5) is 35.9. The van der Waals surface area contributed by atoms with Crippen molar-refractivity contribution in [1.29, 1.82) is 0 Å². The maximum atomic E-state index is 13.7. The van der Waals surface area contributed by atoms with E-state index in [1.807, 2.05) is 6.07 Å². The van der Waals surface area contributed by atoms with Crippen LogP contribution in [-0.2, 0) is 11.3 Å². The molecule has 2 aliphatic heterocycles. The van der Waals surface area contributed by atoms with Gasteiger partial charge in [-0.25, -0.2) is 0 Å². The fraction of sp³-hybridized carbons (Fsp3) is 0.536. The lowest BCUT2D eigenvalue weighted by atomic mass is 9.91. The van der Waals surface area contributed by atoms with E-state index in [4.69, 9.17) is 0 Å². The highest BCUT2D eigenvalue weighted by molar-refractivity contribution is 5.92. The van der Waals surface area contributed by atoms with Crippen LogP contribution in [0.3, 0.4) is 0 Å². The first-order valence-electron chi connectivity index (χ1n) is 12.9. The predicted octanol–water partition coefficient (Wildman–Crippen LogP) is 3.32. The van der Waals surface area contributed by atoms with Gasteiger partial charge in [0.15, 0.2) is 0 Å². The normalized spacial score (nSPS) is 25.5. The number of nitrogens with zero attached hydrogens (tertiary/aromatic N) is 4. The van der Waals surface area contributed by atoms with E-state index in [0.717, 1.165) is 42.5 Å². The van der Waals surface area contributed by atoms with E-state index in [2.05, 4.69) is 39.0 Å². The van der Waals surface area contributed by atoms with E-state index in [-0.39, 0.29) is 11.8 Å². The van der Waals surface area contributed by atoms with Crippen LogP contribution < -0.4 is 0 Å². The molecule has 7 heteroatoms. The van der Waals surface area contributed by atoms with Gasteiger partial charge in [-0.3, -0.25) is 19.5 Å². The van der Waals surface area contributed by atoms with Crippen molar-refractivity contribution in [3.63, 3.8) is 0 Å². The number of aliphatic hydroxyl groups excluding tert-OH is 1. The molecule has 2 aromatic rings. The summed E-state index contributed by atoms with van der Waals surface area (Å²) in [5.41, 5.74) is 2.97. The Bertz CT molecular complexity index is 1060. The number of benzene rings is 1. The van der Waals surface area contributed by atoms with Gasteiger partial charge in [0.25, 0.3) is 5.91 Å². The van der Waals surface area contributed by atoms with Gasteiger partial charge in [0.2, 0.25) is 5.91 Å². The zero-order valence-electron chi connectivity index (χ0n) is 20.8. The molecule has 1 unspecified atom stereocenters. The van der Waals surface area contributed by atoms with Crippen molar-refractivity contribution in [2.45, 2.75) is 69.2 Å². The molecule has 3 fully saturated rings. The second kappa shape index (κ2) is 9.70. The third kappa shape index (κ3) is 4.59. The summed E-state index contributed by atoms with van der Waals surface area (Å²) in [7, 11) is 3.43. The molecule has 186 valence electrons. The van der Waals surface area contributed by atoms with Crippen LogP contribution in [0.2, 0.25) is 0 Å². The molecule has 3 aliphatic rings. The van der Waals surface area contributed by atoms with Crippen molar-refractivity contribution >= 4 is 11.8 Å². The quantitative estimate of drug-likeness (QED) is 0.717. The van der Waals surface area contributed by atoms with E-state index in [1.54, 1.807) is 26.4 Å². The number of likely N-dealkylation sites (tertiary alicyclic amines) is 2. The third-order valence-electron chi connectivity index (χ3n) is 8.10. The van der Waals surface area contributed by atoms with Crippen LogP contribution in [0.4, 0.5) is 0 Å². The molecule has 7 nitrogen and oxygen atoms in total. The van der Waals surface area contributed by atoms with Gasteiger partial charge in [0.1, 0.15) is 11.2 Å². The van der Waals surface area contributed by atoms with Gasteiger partial charge in [-0.2, -0.15) is 0 Å². The highest BCUT2D eigenvalue weighted by atomic mass is 16.3. The number of rotatable bonds is 5. The van der Waals surface area contributed by atoms with Gasteiger partial charge in [-0.1, -0.05) is 49.6 Å². The van der Waals surface area contributed by atoms with Crippen molar-refractivity contribution in [1.82, 2.24) is 19.7 Å². The lowest BCUT2D eigenvalue weighted by Gasteiger charge is -2.36. The first-order valence-corrected chi connectivity index (χ1v) is 12.9. The number of aromatic nitrogens is 1. The van der Waals surface area contributed by atoms with Crippen LogP contribution >= 0.6 is 0 Å². The Labute approximate surface area is 207 Å². The monoisotopic (exact) mass is 476 g/mol. The highest BCUT2D eigenvalue weighted by Crippen LogP contribution is 2.42. The minimum atomic E-state index is -0.561. The molecule has 5 rings (SSSR count). The van der Waals surface area contributed by atoms with Gasteiger partial charge in [-0.15, -0.1) is 0 Å². The molecule has 1 spiro atoms. The van der Waals surface area contributed by atoms with Crippen LogP contribution in [0.5, 0.6) is 0 Å². The van der Waals surface area contributed by atoms with E-state index >= 15 is 0 Å².